The molecule has 2 heteroatoms. The third kappa shape index (κ3) is 2.67. The van der Waals surface area contributed by atoms with Crippen LogP contribution in [0.3, 0.4) is 0 Å². The minimum absolute atomic E-state index is 0.231. The number of halogens is 1. The molecule has 27 heavy (non-hydrogen) atoms. The first-order chi connectivity index (χ1) is 13.3. The summed E-state index contributed by atoms with van der Waals surface area (Å²) in [6.45, 7) is 0. The van der Waals surface area contributed by atoms with Crippen LogP contribution in [-0.2, 0) is 0 Å². The highest BCUT2D eigenvalue weighted by molar-refractivity contribution is 6.14. The van der Waals surface area contributed by atoms with Gasteiger partial charge in [0.2, 0.25) is 0 Å². The van der Waals surface area contributed by atoms with Crippen molar-refractivity contribution in [2.75, 3.05) is 0 Å². The van der Waals surface area contributed by atoms with Crippen molar-refractivity contribution >= 4 is 21.8 Å². The van der Waals surface area contributed by atoms with Crippen molar-refractivity contribution in [2.24, 2.45) is 0 Å². The molecule has 5 rings (SSSR count). The van der Waals surface area contributed by atoms with E-state index in [1.54, 1.807) is 0 Å². The molecular formula is C25H16FN. The van der Waals surface area contributed by atoms with Crippen LogP contribution in [-0.4, -0.2) is 4.98 Å². The van der Waals surface area contributed by atoms with Gasteiger partial charge in [0, 0.05) is 16.3 Å². The lowest BCUT2D eigenvalue weighted by atomic mass is 9.91. The first-order valence-corrected chi connectivity index (χ1v) is 8.94. The van der Waals surface area contributed by atoms with Crippen molar-refractivity contribution in [1.82, 2.24) is 4.98 Å². The summed E-state index contributed by atoms with van der Waals surface area (Å²) >= 11 is 0. The Morgan fingerprint density at radius 3 is 2.07 bits per heavy atom. The SMILES string of the molecule is Fc1ccc(-c2cccc3nc4ccccc4c(-c4ccccc4)c23)cc1. The van der Waals surface area contributed by atoms with Crippen LogP contribution in [0.2, 0.25) is 0 Å². The maximum atomic E-state index is 13.5. The number of pyridine rings is 1. The van der Waals surface area contributed by atoms with Gasteiger partial charge >= 0.3 is 0 Å². The zero-order valence-electron chi connectivity index (χ0n) is 14.6. The summed E-state index contributed by atoms with van der Waals surface area (Å²) in [5, 5.41) is 2.21. The fraction of sp³-hybridized carbons (Fsp3) is 0. The van der Waals surface area contributed by atoms with Gasteiger partial charge in [-0.2, -0.15) is 0 Å². The van der Waals surface area contributed by atoms with Crippen LogP contribution in [0.25, 0.3) is 44.1 Å². The summed E-state index contributed by atoms with van der Waals surface area (Å²) in [5.41, 5.74) is 6.27. The van der Waals surface area contributed by atoms with Crippen molar-refractivity contribution in [3.05, 3.63) is 103 Å². The van der Waals surface area contributed by atoms with E-state index in [-0.39, 0.29) is 5.82 Å². The van der Waals surface area contributed by atoms with Crippen molar-refractivity contribution in [1.29, 1.82) is 0 Å². The molecule has 1 aromatic heterocycles. The molecule has 0 radical (unpaired) electrons. The largest absolute Gasteiger partial charge is 0.248 e. The van der Waals surface area contributed by atoms with Gasteiger partial charge in [0.15, 0.2) is 0 Å². The Morgan fingerprint density at radius 1 is 0.556 bits per heavy atom. The molecule has 0 amide bonds. The molecule has 0 bridgehead atoms. The molecule has 5 aromatic rings. The second-order valence-corrected chi connectivity index (χ2v) is 6.58. The number of fused-ring (bicyclic) bond motifs is 2. The lowest BCUT2D eigenvalue weighted by Crippen LogP contribution is -1.92. The van der Waals surface area contributed by atoms with E-state index in [0.29, 0.717) is 0 Å². The Bertz CT molecular complexity index is 1260. The summed E-state index contributed by atoms with van der Waals surface area (Å²) in [6, 6.07) is 31.4. The Kier molecular flexibility index (Phi) is 3.68. The van der Waals surface area contributed by atoms with E-state index in [0.717, 1.165) is 44.1 Å². The number of benzene rings is 4. The van der Waals surface area contributed by atoms with Gasteiger partial charge in [0.05, 0.1) is 11.0 Å². The minimum Gasteiger partial charge on any atom is -0.248 e. The molecule has 0 aliphatic carbocycles. The second kappa shape index (κ2) is 6.33. The molecule has 0 fully saturated rings. The Labute approximate surface area is 156 Å². The van der Waals surface area contributed by atoms with Gasteiger partial charge in [-0.3, -0.25) is 0 Å². The summed E-state index contributed by atoms with van der Waals surface area (Å²) < 4.78 is 13.5. The first kappa shape index (κ1) is 15.7. The van der Waals surface area contributed by atoms with Crippen LogP contribution < -0.4 is 0 Å². The van der Waals surface area contributed by atoms with E-state index in [4.69, 9.17) is 4.98 Å². The van der Waals surface area contributed by atoms with Gasteiger partial charge in [-0.05, 0) is 41.0 Å². The summed E-state index contributed by atoms with van der Waals surface area (Å²) in [6.07, 6.45) is 0. The van der Waals surface area contributed by atoms with E-state index < -0.39 is 0 Å². The van der Waals surface area contributed by atoms with Crippen LogP contribution >= 0.6 is 0 Å². The van der Waals surface area contributed by atoms with Crippen LogP contribution in [0, 0.1) is 5.82 Å². The van der Waals surface area contributed by atoms with Crippen molar-refractivity contribution in [2.45, 2.75) is 0 Å². The number of hydrogen-bond donors (Lipinski definition) is 0. The molecular weight excluding hydrogens is 333 g/mol. The second-order valence-electron chi connectivity index (χ2n) is 6.58. The molecule has 4 aromatic carbocycles. The lowest BCUT2D eigenvalue weighted by Gasteiger charge is -2.15. The predicted molar refractivity (Wildman–Crippen MR) is 110 cm³/mol. The van der Waals surface area contributed by atoms with Crippen molar-refractivity contribution < 1.29 is 4.39 Å². The lowest BCUT2D eigenvalue weighted by molar-refractivity contribution is 0.628. The topological polar surface area (TPSA) is 12.9 Å². The van der Waals surface area contributed by atoms with Gasteiger partial charge in [0.1, 0.15) is 5.82 Å². The van der Waals surface area contributed by atoms with Crippen LogP contribution in [0.5, 0.6) is 0 Å². The minimum atomic E-state index is -0.231. The number of hydrogen-bond acceptors (Lipinski definition) is 1. The molecule has 0 spiro atoms. The Balaban J connectivity index is 1.96. The Morgan fingerprint density at radius 2 is 1.26 bits per heavy atom. The van der Waals surface area contributed by atoms with Gasteiger partial charge in [-0.1, -0.05) is 72.8 Å². The maximum Gasteiger partial charge on any atom is 0.123 e. The zero-order valence-corrected chi connectivity index (χ0v) is 14.6. The molecule has 0 saturated heterocycles. The van der Waals surface area contributed by atoms with E-state index in [1.165, 1.54) is 12.1 Å². The molecule has 0 aliphatic rings. The number of rotatable bonds is 2. The molecule has 0 N–H and O–H groups in total. The van der Waals surface area contributed by atoms with Gasteiger partial charge in [-0.25, -0.2) is 9.37 Å². The Hall–Kier alpha value is -3.52. The highest BCUT2D eigenvalue weighted by Gasteiger charge is 2.15. The standard InChI is InChI=1S/C25H16FN/c26-19-15-13-17(14-16-19)20-10-6-12-23-25(20)24(18-7-2-1-3-8-18)21-9-4-5-11-22(21)27-23/h1-16H. The number of nitrogens with zero attached hydrogens (tertiary/aromatic N) is 1. The molecule has 0 saturated carbocycles. The monoisotopic (exact) mass is 349 g/mol. The smallest absolute Gasteiger partial charge is 0.123 e. The van der Waals surface area contributed by atoms with Crippen LogP contribution in [0.15, 0.2) is 97.1 Å². The van der Waals surface area contributed by atoms with E-state index in [2.05, 4.69) is 36.4 Å². The van der Waals surface area contributed by atoms with Crippen molar-refractivity contribution in [3.63, 3.8) is 0 Å². The quantitative estimate of drug-likeness (QED) is 0.317. The average molecular weight is 349 g/mol. The van der Waals surface area contributed by atoms with E-state index >= 15 is 0 Å². The number of para-hydroxylation sites is 1. The van der Waals surface area contributed by atoms with Crippen molar-refractivity contribution in [3.8, 4) is 22.3 Å². The molecule has 0 aliphatic heterocycles. The highest BCUT2D eigenvalue weighted by Crippen LogP contribution is 2.39. The maximum absolute atomic E-state index is 13.5. The van der Waals surface area contributed by atoms with Crippen LogP contribution in [0.4, 0.5) is 4.39 Å². The third-order valence-electron chi connectivity index (χ3n) is 4.92. The van der Waals surface area contributed by atoms with Crippen LogP contribution in [0.1, 0.15) is 0 Å². The summed E-state index contributed by atoms with van der Waals surface area (Å²) in [7, 11) is 0. The molecule has 0 unspecified atom stereocenters. The predicted octanol–water partition coefficient (Wildman–Crippen LogP) is 6.86. The van der Waals surface area contributed by atoms with E-state index in [1.807, 2.05) is 48.5 Å². The average Bonchev–Trinajstić information content (AvgIpc) is 2.73. The molecule has 1 heterocycles. The fourth-order valence-corrected chi connectivity index (χ4v) is 3.72. The molecule has 0 atom stereocenters. The fourth-order valence-electron chi connectivity index (χ4n) is 3.72. The third-order valence-corrected chi connectivity index (χ3v) is 4.92. The first-order valence-electron chi connectivity index (χ1n) is 8.94. The summed E-state index contributed by atoms with van der Waals surface area (Å²) in [5.74, 6) is -0.231. The van der Waals surface area contributed by atoms with Gasteiger partial charge in [0.25, 0.3) is 0 Å². The molecule has 1 nitrogen and oxygen atoms in total. The normalized spacial score (nSPS) is 11.1. The summed E-state index contributed by atoms with van der Waals surface area (Å²) in [4.78, 5) is 4.89. The van der Waals surface area contributed by atoms with E-state index in [9.17, 15) is 4.39 Å². The number of aromatic nitrogens is 1. The molecule has 128 valence electrons. The van der Waals surface area contributed by atoms with Gasteiger partial charge < -0.3 is 0 Å². The highest BCUT2D eigenvalue weighted by atomic mass is 19.1. The van der Waals surface area contributed by atoms with Gasteiger partial charge in [-0.15, -0.1) is 0 Å². The zero-order chi connectivity index (χ0) is 18.2.